The predicted octanol–water partition coefficient (Wildman–Crippen LogP) is 4.99. The van der Waals surface area contributed by atoms with Crippen LogP contribution in [0.5, 0.6) is 0 Å². The molecule has 3 heterocycles. The fraction of sp³-hybridized carbons (Fsp3) is 0.400. The number of aromatic nitrogens is 4. The Balaban J connectivity index is 1.70. The summed E-state index contributed by atoms with van der Waals surface area (Å²) in [6.45, 7) is 4.80. The Morgan fingerprint density at radius 3 is 2.69 bits per heavy atom. The topological polar surface area (TPSA) is 61.4 Å². The highest BCUT2D eigenvalue weighted by molar-refractivity contribution is 5.86. The van der Waals surface area contributed by atoms with Crippen LogP contribution in [0.15, 0.2) is 47.5 Å². The molecule has 1 aromatic carbocycles. The van der Waals surface area contributed by atoms with Gasteiger partial charge >= 0.3 is 0 Å². The molecule has 166 valence electrons. The normalized spacial score (nSPS) is 21.4. The molecule has 0 spiro atoms. The summed E-state index contributed by atoms with van der Waals surface area (Å²) in [5.74, 6) is 0.736. The van der Waals surface area contributed by atoms with Crippen molar-refractivity contribution < 1.29 is 9.13 Å². The van der Waals surface area contributed by atoms with Gasteiger partial charge in [-0.3, -0.25) is 4.79 Å². The number of fused-ring (bicyclic) bond motifs is 3. The van der Waals surface area contributed by atoms with Crippen molar-refractivity contribution in [2.75, 3.05) is 7.11 Å². The molecule has 6 nitrogen and oxygen atoms in total. The Labute approximate surface area is 185 Å². The lowest BCUT2D eigenvalue weighted by Gasteiger charge is -2.35. The molecule has 0 unspecified atom stereocenters. The first-order chi connectivity index (χ1) is 15.5. The third kappa shape index (κ3) is 3.32. The number of methoxy groups -OCH3 is 1. The van der Waals surface area contributed by atoms with Crippen molar-refractivity contribution in [3.8, 4) is 11.1 Å². The summed E-state index contributed by atoms with van der Waals surface area (Å²) >= 11 is 0. The van der Waals surface area contributed by atoms with Crippen LogP contribution in [-0.2, 0) is 11.3 Å². The Morgan fingerprint density at radius 2 is 1.94 bits per heavy atom. The molecule has 3 aromatic heterocycles. The number of pyridine rings is 1. The number of ether oxygens (including phenoxy) is 1. The highest BCUT2D eigenvalue weighted by Gasteiger charge is 2.29. The number of hydrogen-bond donors (Lipinski definition) is 0. The maximum atomic E-state index is 13.5. The molecule has 0 bridgehead atoms. The van der Waals surface area contributed by atoms with Crippen molar-refractivity contribution >= 4 is 16.6 Å². The van der Waals surface area contributed by atoms with Crippen molar-refractivity contribution in [2.24, 2.45) is 11.8 Å². The standard InChI is InChI=1S/C25H27FN4O2/c1-15-5-4-6-21(16(15)2)29-12-11-22-19(25(29)31)13-27-24-23(17-7-9-18(26)10-8-17)20(14-32-3)28-30(22)24/h7-13,15-16,21H,4-6,14H2,1-3H3/t15-,16+,21+/m1/s1. The van der Waals surface area contributed by atoms with Gasteiger partial charge in [0.05, 0.1) is 28.8 Å². The van der Waals surface area contributed by atoms with Crippen molar-refractivity contribution in [1.29, 1.82) is 0 Å². The van der Waals surface area contributed by atoms with Gasteiger partial charge in [-0.15, -0.1) is 0 Å². The zero-order valence-electron chi connectivity index (χ0n) is 18.6. The first-order valence-corrected chi connectivity index (χ1v) is 11.2. The molecule has 0 radical (unpaired) electrons. The molecule has 0 amide bonds. The van der Waals surface area contributed by atoms with Gasteiger partial charge in [0, 0.05) is 25.5 Å². The Hall–Kier alpha value is -3.06. The summed E-state index contributed by atoms with van der Waals surface area (Å²) in [5.41, 5.74) is 3.57. The van der Waals surface area contributed by atoms with Gasteiger partial charge < -0.3 is 9.30 Å². The minimum absolute atomic E-state index is 0.0324. The first kappa shape index (κ1) is 20.8. The monoisotopic (exact) mass is 434 g/mol. The molecule has 5 rings (SSSR count). The van der Waals surface area contributed by atoms with Gasteiger partial charge in [-0.2, -0.15) is 5.10 Å². The highest BCUT2D eigenvalue weighted by atomic mass is 19.1. The average Bonchev–Trinajstić information content (AvgIpc) is 3.15. The third-order valence-electron chi connectivity index (χ3n) is 7.05. The fourth-order valence-electron chi connectivity index (χ4n) is 5.09. The minimum Gasteiger partial charge on any atom is -0.378 e. The molecule has 1 aliphatic rings. The van der Waals surface area contributed by atoms with E-state index < -0.39 is 0 Å². The molecule has 32 heavy (non-hydrogen) atoms. The SMILES string of the molecule is COCc1nn2c(ncc3c(=O)n([C@H]4CCC[C@@H](C)[C@@H]4C)ccc32)c1-c1ccc(F)cc1. The second kappa shape index (κ2) is 8.13. The zero-order chi connectivity index (χ0) is 22.4. The summed E-state index contributed by atoms with van der Waals surface area (Å²) in [6.07, 6.45) is 6.91. The van der Waals surface area contributed by atoms with Crippen LogP contribution < -0.4 is 5.56 Å². The van der Waals surface area contributed by atoms with E-state index in [0.717, 1.165) is 24.0 Å². The number of benzene rings is 1. The largest absolute Gasteiger partial charge is 0.378 e. The lowest BCUT2D eigenvalue weighted by atomic mass is 9.78. The van der Waals surface area contributed by atoms with Crippen LogP contribution in [0.3, 0.4) is 0 Å². The molecule has 3 atom stereocenters. The fourth-order valence-corrected chi connectivity index (χ4v) is 5.09. The molecule has 4 aromatic rings. The summed E-state index contributed by atoms with van der Waals surface area (Å²) in [6, 6.07) is 8.41. The summed E-state index contributed by atoms with van der Waals surface area (Å²) in [7, 11) is 1.61. The minimum atomic E-state index is -0.302. The van der Waals surface area contributed by atoms with Gasteiger partial charge in [-0.25, -0.2) is 13.9 Å². The molecule has 0 aliphatic heterocycles. The third-order valence-corrected chi connectivity index (χ3v) is 7.05. The number of rotatable bonds is 4. The van der Waals surface area contributed by atoms with Crippen molar-refractivity contribution in [1.82, 2.24) is 19.2 Å². The first-order valence-electron chi connectivity index (χ1n) is 11.2. The highest BCUT2D eigenvalue weighted by Crippen LogP contribution is 2.37. The summed E-state index contributed by atoms with van der Waals surface area (Å²) < 4.78 is 22.4. The molecule has 7 heteroatoms. The van der Waals surface area contributed by atoms with Crippen LogP contribution in [0, 0.1) is 17.7 Å². The van der Waals surface area contributed by atoms with E-state index >= 15 is 0 Å². The van der Waals surface area contributed by atoms with E-state index in [9.17, 15) is 9.18 Å². The maximum absolute atomic E-state index is 13.5. The summed E-state index contributed by atoms with van der Waals surface area (Å²) in [4.78, 5) is 18.1. The van der Waals surface area contributed by atoms with Crippen LogP contribution in [0.2, 0.25) is 0 Å². The second-order valence-electron chi connectivity index (χ2n) is 8.92. The van der Waals surface area contributed by atoms with E-state index in [-0.39, 0.29) is 24.0 Å². The molecular formula is C25H27FN4O2. The smallest absolute Gasteiger partial charge is 0.261 e. The van der Waals surface area contributed by atoms with Crippen molar-refractivity contribution in [3.63, 3.8) is 0 Å². The van der Waals surface area contributed by atoms with Gasteiger partial charge in [0.2, 0.25) is 0 Å². The number of halogens is 1. The number of hydrogen-bond acceptors (Lipinski definition) is 4. The lowest BCUT2D eigenvalue weighted by molar-refractivity contribution is 0.181. The Kier molecular flexibility index (Phi) is 5.29. The van der Waals surface area contributed by atoms with E-state index in [0.29, 0.717) is 34.1 Å². The maximum Gasteiger partial charge on any atom is 0.261 e. The van der Waals surface area contributed by atoms with Crippen molar-refractivity contribution in [2.45, 2.75) is 45.8 Å². The van der Waals surface area contributed by atoms with E-state index in [4.69, 9.17) is 9.84 Å². The van der Waals surface area contributed by atoms with Gasteiger partial charge in [0.25, 0.3) is 5.56 Å². The van der Waals surface area contributed by atoms with Gasteiger partial charge in [-0.05, 0) is 42.0 Å². The van der Waals surface area contributed by atoms with Crippen LogP contribution in [0.4, 0.5) is 4.39 Å². The van der Waals surface area contributed by atoms with Crippen molar-refractivity contribution in [3.05, 3.63) is 64.6 Å². The lowest BCUT2D eigenvalue weighted by Crippen LogP contribution is -2.33. The zero-order valence-corrected chi connectivity index (χ0v) is 18.6. The van der Waals surface area contributed by atoms with E-state index in [1.54, 1.807) is 30.0 Å². The molecule has 1 fully saturated rings. The summed E-state index contributed by atoms with van der Waals surface area (Å²) in [5, 5.41) is 5.27. The quantitative estimate of drug-likeness (QED) is 0.454. The Bertz CT molecular complexity index is 1340. The van der Waals surface area contributed by atoms with Gasteiger partial charge in [-0.1, -0.05) is 38.8 Å². The molecule has 1 saturated carbocycles. The molecular weight excluding hydrogens is 407 g/mol. The molecule has 0 saturated heterocycles. The van der Waals surface area contributed by atoms with E-state index in [2.05, 4.69) is 18.8 Å². The molecule has 1 aliphatic carbocycles. The predicted molar refractivity (Wildman–Crippen MR) is 122 cm³/mol. The van der Waals surface area contributed by atoms with Crippen LogP contribution in [0.1, 0.15) is 44.8 Å². The molecule has 0 N–H and O–H groups in total. The second-order valence-corrected chi connectivity index (χ2v) is 8.92. The Morgan fingerprint density at radius 1 is 1.16 bits per heavy atom. The van der Waals surface area contributed by atoms with Gasteiger partial charge in [0.1, 0.15) is 5.82 Å². The van der Waals surface area contributed by atoms with Crippen LogP contribution in [0.25, 0.3) is 27.7 Å². The van der Waals surface area contributed by atoms with E-state index in [1.165, 1.54) is 18.6 Å². The van der Waals surface area contributed by atoms with Gasteiger partial charge in [0.15, 0.2) is 5.65 Å². The van der Waals surface area contributed by atoms with Crippen LogP contribution in [-0.4, -0.2) is 26.3 Å². The van der Waals surface area contributed by atoms with E-state index in [1.807, 2.05) is 16.8 Å². The number of nitrogens with zero attached hydrogens (tertiary/aromatic N) is 4. The van der Waals surface area contributed by atoms with Crippen LogP contribution >= 0.6 is 0 Å². The average molecular weight is 435 g/mol.